The van der Waals surface area contributed by atoms with E-state index in [1.165, 1.54) is 64.0 Å². The van der Waals surface area contributed by atoms with Crippen molar-refractivity contribution in [1.29, 1.82) is 0 Å². The van der Waals surface area contributed by atoms with Crippen LogP contribution in [0.25, 0.3) is 0 Å². The van der Waals surface area contributed by atoms with Gasteiger partial charge in [-0.1, -0.05) is 102 Å². The van der Waals surface area contributed by atoms with Crippen molar-refractivity contribution < 1.29 is 74.7 Å². The molecule has 0 radical (unpaired) electrons. The van der Waals surface area contributed by atoms with E-state index in [9.17, 15) is 65.9 Å². The molecule has 28 heteroatoms. The fourth-order valence-electron chi connectivity index (χ4n) is 12.0. The molecule has 522 valence electrons. The Hall–Kier alpha value is -7.45. The fraction of sp³-hybridized carbons (Fsp3) is 0.652. The highest BCUT2D eigenvalue weighted by Crippen LogP contribution is 2.39. The molecule has 3 aliphatic rings. The summed E-state index contributed by atoms with van der Waals surface area (Å²) in [6.45, 7) is 10.9. The van der Waals surface area contributed by atoms with E-state index in [0.29, 0.717) is 35.8 Å². The lowest BCUT2D eigenvalue weighted by atomic mass is 9.74. The topological polar surface area (TPSA) is 250 Å². The Kier molecular flexibility index (Phi) is 26.6. The van der Waals surface area contributed by atoms with Gasteiger partial charge in [0.15, 0.2) is 0 Å². The molecule has 22 nitrogen and oxygen atoms in total. The SMILES string of the molecule is CC[C@H](C)[C@@H]1NC(=O)[C@H](CC(C)C)N(C)C(=O)C[C@@H](C)N(C)C(=O)[C@H]([C@@H](C)CC)N(C)C(=O)C2(CCC2)NC(=O)[C@@H]2CC(F)(F)CN2C(=O)[C@H](CCc2ccc(C(F)(F)F)c(Cl)c2)NC(=O)CN(C)C(=O)[C@H](Cc2ccc(C)cc2)N(C)C(=O)CN(C)C(=O)CN(C)C1=O. The van der Waals surface area contributed by atoms with Gasteiger partial charge in [0.2, 0.25) is 65.0 Å². The number of carbonyl (C=O) groups excluding carboxylic acids is 11. The molecular weight excluding hydrogens is 1250 g/mol. The highest BCUT2D eigenvalue weighted by atomic mass is 35.5. The second kappa shape index (κ2) is 32.3. The molecule has 3 N–H and O–H groups in total. The molecule has 94 heavy (non-hydrogen) atoms. The second-order valence-electron chi connectivity index (χ2n) is 26.6. The quantitative estimate of drug-likeness (QED) is 0.243. The number of halogens is 6. The summed E-state index contributed by atoms with van der Waals surface area (Å²) in [5, 5.41) is 7.35. The van der Waals surface area contributed by atoms with Crippen LogP contribution in [0.2, 0.25) is 5.02 Å². The Morgan fingerprint density at radius 2 is 1.22 bits per heavy atom. The summed E-state index contributed by atoms with van der Waals surface area (Å²) < 4.78 is 73.1. The summed E-state index contributed by atoms with van der Waals surface area (Å²) in [7, 11) is 9.50. The van der Waals surface area contributed by atoms with E-state index in [0.717, 1.165) is 37.3 Å². The Balaban J connectivity index is 1.60. The van der Waals surface area contributed by atoms with Crippen LogP contribution in [0.5, 0.6) is 0 Å². The molecule has 2 aliphatic heterocycles. The standard InChI is InChI=1S/C66H95ClF5N11O11/c1-16-40(6)55-61(92)78(11)35-53(86)76(9)36-54(87)81(14)49(32-44-21-19-39(5)20-22-44)60(91)77(10)34-51(84)73-47(26-24-43-23-25-45(46(67)31-43)66(70,71)72)59(90)83-37-65(68,69)33-50(83)58(89)75-64(27-18-28-64)63(94)82(15)56(41(7)17-2)62(93)79(12)42(8)30-52(85)80(13)48(29-38(3)4)57(88)74-55/h19-23,25,31,38,40-42,47-50,55-56H,16-18,24,26-30,32-37H2,1-15H3,(H,73,84)(H,74,88)(H,75,89)/t40-,41-,42+,47-,48-,49-,50-,55-,56-/m0/s1. The summed E-state index contributed by atoms with van der Waals surface area (Å²) in [5.74, 6) is -13.7. The Morgan fingerprint density at radius 3 is 1.78 bits per heavy atom. The zero-order valence-corrected chi connectivity index (χ0v) is 57.5. The van der Waals surface area contributed by atoms with Crippen LogP contribution in [-0.4, -0.2) is 233 Å². The third-order valence-corrected chi connectivity index (χ3v) is 19.1. The van der Waals surface area contributed by atoms with Crippen LogP contribution >= 0.6 is 11.6 Å². The molecular formula is C66H95ClF5N11O11. The van der Waals surface area contributed by atoms with Gasteiger partial charge in [-0.25, -0.2) is 8.78 Å². The summed E-state index contributed by atoms with van der Waals surface area (Å²) in [6, 6.07) is 0.358. The maximum absolute atomic E-state index is 15.9. The van der Waals surface area contributed by atoms with Gasteiger partial charge in [-0.2, -0.15) is 13.2 Å². The van der Waals surface area contributed by atoms with Gasteiger partial charge < -0.3 is 55.1 Å². The maximum Gasteiger partial charge on any atom is 0.417 e. The van der Waals surface area contributed by atoms with Gasteiger partial charge in [-0.05, 0) is 93.4 Å². The summed E-state index contributed by atoms with van der Waals surface area (Å²) in [6.07, 6.45) is -5.89. The highest BCUT2D eigenvalue weighted by Gasteiger charge is 2.55. The van der Waals surface area contributed by atoms with Crippen LogP contribution in [0.4, 0.5) is 22.0 Å². The summed E-state index contributed by atoms with van der Waals surface area (Å²) in [5.41, 5.74) is -1.31. The average molecular weight is 1350 g/mol. The number of nitrogens with one attached hydrogen (secondary N) is 3. The first-order valence-corrected chi connectivity index (χ1v) is 32.4. The zero-order valence-electron chi connectivity index (χ0n) is 56.8. The lowest BCUT2D eigenvalue weighted by Crippen LogP contribution is -2.68. The summed E-state index contributed by atoms with van der Waals surface area (Å²) in [4.78, 5) is 168. The number of hydrogen-bond donors (Lipinski definition) is 3. The van der Waals surface area contributed by atoms with Crippen molar-refractivity contribution >= 4 is 76.6 Å². The van der Waals surface area contributed by atoms with Crippen LogP contribution in [0.1, 0.15) is 129 Å². The highest BCUT2D eigenvalue weighted by molar-refractivity contribution is 6.31. The van der Waals surface area contributed by atoms with E-state index in [1.807, 2.05) is 27.7 Å². The molecule has 0 unspecified atom stereocenters. The number of fused-ring (bicyclic) bond motifs is 1. The van der Waals surface area contributed by atoms with E-state index < -0.39 is 186 Å². The van der Waals surface area contributed by atoms with Crippen LogP contribution < -0.4 is 16.0 Å². The second-order valence-corrected chi connectivity index (χ2v) is 27.0. The maximum atomic E-state index is 15.9. The molecule has 9 atom stereocenters. The minimum atomic E-state index is -4.83. The first-order valence-electron chi connectivity index (χ1n) is 32.0. The predicted octanol–water partition coefficient (Wildman–Crippen LogP) is 5.33. The zero-order chi connectivity index (χ0) is 70.8. The molecule has 1 spiro atoms. The number of carbonyl (C=O) groups is 11. The lowest BCUT2D eigenvalue weighted by Gasteiger charge is -2.46. The molecule has 2 aromatic rings. The molecule has 3 fully saturated rings. The van der Waals surface area contributed by atoms with E-state index in [-0.39, 0.29) is 50.0 Å². The van der Waals surface area contributed by atoms with E-state index in [1.54, 1.807) is 52.0 Å². The van der Waals surface area contributed by atoms with Gasteiger partial charge in [0, 0.05) is 74.6 Å². The largest absolute Gasteiger partial charge is 0.417 e. The normalized spacial score (nSPS) is 25.3. The van der Waals surface area contributed by atoms with Crippen molar-refractivity contribution in [3.63, 3.8) is 0 Å². The third-order valence-electron chi connectivity index (χ3n) is 18.8. The van der Waals surface area contributed by atoms with Gasteiger partial charge in [-0.3, -0.25) is 52.7 Å². The number of nitrogens with zero attached hydrogens (tertiary/aromatic N) is 8. The number of hydrogen-bond acceptors (Lipinski definition) is 11. The fourth-order valence-corrected chi connectivity index (χ4v) is 12.3. The van der Waals surface area contributed by atoms with Crippen molar-refractivity contribution in [3.8, 4) is 0 Å². The Bertz CT molecular complexity index is 3120. The van der Waals surface area contributed by atoms with Crippen molar-refractivity contribution in [2.24, 2.45) is 17.8 Å². The van der Waals surface area contributed by atoms with Crippen molar-refractivity contribution in [3.05, 3.63) is 69.7 Å². The smallest absolute Gasteiger partial charge is 0.343 e. The minimum absolute atomic E-state index is 0.00864. The van der Waals surface area contributed by atoms with Crippen LogP contribution in [0.15, 0.2) is 42.5 Å². The molecule has 2 saturated heterocycles. The minimum Gasteiger partial charge on any atom is -0.343 e. The molecule has 11 amide bonds. The molecule has 0 aromatic heterocycles. The van der Waals surface area contributed by atoms with Crippen LogP contribution in [0.3, 0.4) is 0 Å². The Labute approximate surface area is 553 Å². The van der Waals surface area contributed by atoms with E-state index in [4.69, 9.17) is 11.6 Å². The monoisotopic (exact) mass is 1350 g/mol. The number of amides is 11. The predicted molar refractivity (Wildman–Crippen MR) is 341 cm³/mol. The van der Waals surface area contributed by atoms with Gasteiger partial charge in [0.05, 0.1) is 36.8 Å². The van der Waals surface area contributed by atoms with Crippen molar-refractivity contribution in [2.75, 3.05) is 75.5 Å². The van der Waals surface area contributed by atoms with Crippen molar-refractivity contribution in [2.45, 2.75) is 186 Å². The number of likely N-dealkylation sites (N-methyl/N-ethyl adjacent to an activating group) is 7. The number of rotatable bonds is 11. The number of benzene rings is 2. The van der Waals surface area contributed by atoms with Gasteiger partial charge in [0.25, 0.3) is 5.92 Å². The molecule has 1 aliphatic carbocycles. The lowest BCUT2D eigenvalue weighted by molar-refractivity contribution is -0.155. The number of aryl methyl sites for hydroxylation is 2. The third kappa shape index (κ3) is 19.2. The Morgan fingerprint density at radius 1 is 0.649 bits per heavy atom. The number of alkyl halides is 5. The van der Waals surface area contributed by atoms with Crippen LogP contribution in [0, 0.1) is 24.7 Å². The van der Waals surface area contributed by atoms with E-state index in [2.05, 4.69) is 16.0 Å². The first kappa shape index (κ1) is 77.3. The van der Waals surface area contributed by atoms with E-state index >= 15 is 8.78 Å². The molecule has 1 saturated carbocycles. The van der Waals surface area contributed by atoms with Crippen LogP contribution in [-0.2, 0) is 71.8 Å². The van der Waals surface area contributed by atoms with Gasteiger partial charge in [-0.15, -0.1) is 0 Å². The molecule has 0 bridgehead atoms. The molecule has 2 heterocycles. The molecule has 5 rings (SSSR count). The van der Waals surface area contributed by atoms with Crippen molar-refractivity contribution in [1.82, 2.24) is 55.1 Å². The van der Waals surface area contributed by atoms with Gasteiger partial charge in [0.1, 0.15) is 41.8 Å². The first-order chi connectivity index (χ1) is 43.7. The summed E-state index contributed by atoms with van der Waals surface area (Å²) >= 11 is 6.06. The average Bonchev–Trinajstić information content (AvgIpc) is 1.19. The molecule has 2 aromatic carbocycles. The van der Waals surface area contributed by atoms with Gasteiger partial charge >= 0.3 is 6.18 Å².